The average molecular weight is 388 g/mol. The molecule has 4 rings (SSSR count). The lowest BCUT2D eigenvalue weighted by molar-refractivity contribution is -0.129. The molecule has 6 nitrogen and oxygen atoms in total. The van der Waals surface area contributed by atoms with Crippen molar-refractivity contribution in [2.24, 2.45) is 5.92 Å². The van der Waals surface area contributed by atoms with Crippen molar-refractivity contribution in [3.63, 3.8) is 0 Å². The van der Waals surface area contributed by atoms with Crippen molar-refractivity contribution in [3.8, 4) is 11.3 Å². The van der Waals surface area contributed by atoms with Gasteiger partial charge in [-0.05, 0) is 29.7 Å². The van der Waals surface area contributed by atoms with E-state index in [9.17, 15) is 9.59 Å². The second-order valence-corrected chi connectivity index (χ2v) is 7.55. The summed E-state index contributed by atoms with van der Waals surface area (Å²) in [5, 5.41) is 9.86. The molecule has 1 saturated heterocycles. The number of aromatic amines is 1. The van der Waals surface area contributed by atoms with Gasteiger partial charge in [0.25, 0.3) is 0 Å². The highest BCUT2D eigenvalue weighted by Gasteiger charge is 2.34. The molecule has 2 heterocycles. The van der Waals surface area contributed by atoms with Crippen molar-refractivity contribution in [3.05, 3.63) is 77.5 Å². The zero-order valence-corrected chi connectivity index (χ0v) is 16.4. The maximum Gasteiger partial charge on any atom is 0.225 e. The lowest BCUT2D eigenvalue weighted by atomic mass is 10.1. The van der Waals surface area contributed by atoms with E-state index in [-0.39, 0.29) is 24.2 Å². The van der Waals surface area contributed by atoms with E-state index in [2.05, 4.69) is 15.5 Å². The number of benzene rings is 2. The van der Waals surface area contributed by atoms with Crippen LogP contribution in [-0.2, 0) is 22.7 Å². The molecule has 148 valence electrons. The SMILES string of the molecule is Cc1ccc(CN2C[C@H](C(=O)NCc3ccc(-c4ccn[nH]4)cc3)CC2=O)cc1. The number of nitrogens with zero attached hydrogens (tertiary/aromatic N) is 2. The highest BCUT2D eigenvalue weighted by atomic mass is 16.2. The summed E-state index contributed by atoms with van der Waals surface area (Å²) in [4.78, 5) is 26.7. The van der Waals surface area contributed by atoms with Crippen LogP contribution in [0.3, 0.4) is 0 Å². The summed E-state index contributed by atoms with van der Waals surface area (Å²) in [5.74, 6) is -0.325. The third-order valence-electron chi connectivity index (χ3n) is 5.31. The number of H-pyrrole nitrogens is 1. The number of hydrogen-bond acceptors (Lipinski definition) is 3. The van der Waals surface area contributed by atoms with Crippen LogP contribution in [0.1, 0.15) is 23.1 Å². The number of hydrogen-bond donors (Lipinski definition) is 2. The van der Waals surface area contributed by atoms with Crippen LogP contribution in [0.2, 0.25) is 0 Å². The molecule has 1 aromatic heterocycles. The molecule has 0 saturated carbocycles. The number of amides is 2. The van der Waals surface area contributed by atoms with Crippen LogP contribution in [-0.4, -0.2) is 33.5 Å². The van der Waals surface area contributed by atoms with Gasteiger partial charge in [-0.3, -0.25) is 14.7 Å². The van der Waals surface area contributed by atoms with Crippen molar-refractivity contribution in [1.82, 2.24) is 20.4 Å². The molecular formula is C23H24N4O2. The van der Waals surface area contributed by atoms with Gasteiger partial charge in [0.15, 0.2) is 0 Å². The minimum atomic E-state index is -0.294. The lowest BCUT2D eigenvalue weighted by Gasteiger charge is -2.17. The van der Waals surface area contributed by atoms with Gasteiger partial charge in [0.1, 0.15) is 0 Å². The van der Waals surface area contributed by atoms with Crippen LogP contribution in [0, 0.1) is 12.8 Å². The van der Waals surface area contributed by atoms with E-state index < -0.39 is 0 Å². The van der Waals surface area contributed by atoms with Gasteiger partial charge >= 0.3 is 0 Å². The summed E-state index contributed by atoms with van der Waals surface area (Å²) in [6.45, 7) is 3.51. The fourth-order valence-corrected chi connectivity index (χ4v) is 3.57. The summed E-state index contributed by atoms with van der Waals surface area (Å²) in [6.07, 6.45) is 1.99. The maximum absolute atomic E-state index is 12.6. The van der Waals surface area contributed by atoms with Crippen LogP contribution in [0.5, 0.6) is 0 Å². The second-order valence-electron chi connectivity index (χ2n) is 7.55. The Labute approximate surface area is 169 Å². The molecule has 29 heavy (non-hydrogen) atoms. The molecule has 1 aliphatic heterocycles. The molecule has 0 bridgehead atoms. The summed E-state index contributed by atoms with van der Waals surface area (Å²) in [7, 11) is 0. The predicted octanol–water partition coefficient (Wildman–Crippen LogP) is 3.05. The Balaban J connectivity index is 1.29. The number of aromatic nitrogens is 2. The normalized spacial score (nSPS) is 16.2. The van der Waals surface area contributed by atoms with Gasteiger partial charge in [0.05, 0.1) is 11.6 Å². The first-order valence-electron chi connectivity index (χ1n) is 9.78. The Morgan fingerprint density at radius 1 is 1.10 bits per heavy atom. The second kappa shape index (κ2) is 8.31. The van der Waals surface area contributed by atoms with Crippen molar-refractivity contribution in [1.29, 1.82) is 0 Å². The van der Waals surface area contributed by atoms with E-state index in [0.717, 1.165) is 22.4 Å². The molecule has 2 N–H and O–H groups in total. The van der Waals surface area contributed by atoms with Crippen molar-refractivity contribution < 1.29 is 9.59 Å². The summed E-state index contributed by atoms with van der Waals surface area (Å²) in [6, 6.07) is 18.0. The standard InChI is InChI=1S/C23H24N4O2/c1-16-2-4-18(5-3-16)14-27-15-20(12-22(27)28)23(29)24-13-17-6-8-19(9-7-17)21-10-11-25-26-21/h2-11,20H,12-15H2,1H3,(H,24,29)(H,25,26)/t20-/m1/s1. The molecule has 1 aliphatic rings. The molecule has 1 fully saturated rings. The molecule has 6 heteroatoms. The molecule has 0 unspecified atom stereocenters. The monoisotopic (exact) mass is 388 g/mol. The zero-order valence-electron chi connectivity index (χ0n) is 16.4. The van der Waals surface area contributed by atoms with Crippen molar-refractivity contribution in [2.45, 2.75) is 26.4 Å². The van der Waals surface area contributed by atoms with Crippen LogP contribution >= 0.6 is 0 Å². The molecule has 3 aromatic rings. The van der Waals surface area contributed by atoms with Crippen LogP contribution < -0.4 is 5.32 Å². The highest BCUT2D eigenvalue weighted by molar-refractivity contribution is 5.89. The number of nitrogens with one attached hydrogen (secondary N) is 2. The number of likely N-dealkylation sites (tertiary alicyclic amines) is 1. The number of aryl methyl sites for hydroxylation is 1. The van der Waals surface area contributed by atoms with Crippen LogP contribution in [0.4, 0.5) is 0 Å². The average Bonchev–Trinajstić information content (AvgIpc) is 3.39. The summed E-state index contributed by atoms with van der Waals surface area (Å²) in [5.41, 5.74) is 5.30. The smallest absolute Gasteiger partial charge is 0.225 e. The zero-order chi connectivity index (χ0) is 20.2. The summed E-state index contributed by atoms with van der Waals surface area (Å²) >= 11 is 0. The van der Waals surface area contributed by atoms with E-state index in [0.29, 0.717) is 19.6 Å². The third kappa shape index (κ3) is 4.54. The molecule has 0 spiro atoms. The Morgan fingerprint density at radius 2 is 1.83 bits per heavy atom. The predicted molar refractivity (Wildman–Crippen MR) is 111 cm³/mol. The van der Waals surface area contributed by atoms with E-state index in [4.69, 9.17) is 0 Å². The highest BCUT2D eigenvalue weighted by Crippen LogP contribution is 2.21. The largest absolute Gasteiger partial charge is 0.352 e. The van der Waals surface area contributed by atoms with Gasteiger partial charge in [0.2, 0.25) is 11.8 Å². The maximum atomic E-state index is 12.6. The van der Waals surface area contributed by atoms with Crippen LogP contribution in [0.25, 0.3) is 11.3 Å². The van der Waals surface area contributed by atoms with Crippen molar-refractivity contribution >= 4 is 11.8 Å². The van der Waals surface area contributed by atoms with E-state index in [1.54, 1.807) is 11.1 Å². The molecule has 1 atom stereocenters. The van der Waals surface area contributed by atoms with Gasteiger partial charge in [-0.15, -0.1) is 0 Å². The fraction of sp³-hybridized carbons (Fsp3) is 0.261. The van der Waals surface area contributed by atoms with Crippen molar-refractivity contribution in [2.75, 3.05) is 6.54 Å². The first kappa shape index (κ1) is 18.9. The van der Waals surface area contributed by atoms with Gasteiger partial charge < -0.3 is 10.2 Å². The van der Waals surface area contributed by atoms with Crippen LogP contribution in [0.15, 0.2) is 60.8 Å². The van der Waals surface area contributed by atoms with E-state index in [1.165, 1.54) is 5.56 Å². The Bertz CT molecular complexity index is 979. The number of carbonyl (C=O) groups excluding carboxylic acids is 2. The number of carbonyl (C=O) groups is 2. The Morgan fingerprint density at radius 3 is 2.52 bits per heavy atom. The first-order valence-corrected chi connectivity index (χ1v) is 9.78. The fourth-order valence-electron chi connectivity index (χ4n) is 3.57. The minimum absolute atomic E-state index is 0.0367. The Kier molecular flexibility index (Phi) is 5.42. The number of rotatable bonds is 6. The van der Waals surface area contributed by atoms with E-state index >= 15 is 0 Å². The molecular weight excluding hydrogens is 364 g/mol. The Hall–Kier alpha value is -3.41. The molecule has 0 radical (unpaired) electrons. The topological polar surface area (TPSA) is 78.1 Å². The quantitative estimate of drug-likeness (QED) is 0.681. The molecule has 2 amide bonds. The van der Waals surface area contributed by atoms with Gasteiger partial charge in [-0.1, -0.05) is 54.1 Å². The minimum Gasteiger partial charge on any atom is -0.352 e. The van der Waals surface area contributed by atoms with Gasteiger partial charge in [-0.2, -0.15) is 5.10 Å². The molecule has 2 aromatic carbocycles. The third-order valence-corrected chi connectivity index (χ3v) is 5.31. The van der Waals surface area contributed by atoms with Gasteiger partial charge in [0, 0.05) is 32.3 Å². The lowest BCUT2D eigenvalue weighted by Crippen LogP contribution is -2.32. The van der Waals surface area contributed by atoms with Gasteiger partial charge in [-0.25, -0.2) is 0 Å². The summed E-state index contributed by atoms with van der Waals surface area (Å²) < 4.78 is 0. The first-order chi connectivity index (χ1) is 14.1. The van der Waals surface area contributed by atoms with E-state index in [1.807, 2.05) is 61.5 Å². The molecule has 0 aliphatic carbocycles.